The Bertz CT molecular complexity index is 1290. The van der Waals surface area contributed by atoms with Gasteiger partial charge >= 0.3 is 5.97 Å². The molecule has 1 aromatic heterocycles. The summed E-state index contributed by atoms with van der Waals surface area (Å²) in [4.78, 5) is 10.9. The fraction of sp³-hybridized carbons (Fsp3) is 0.107. The van der Waals surface area contributed by atoms with Gasteiger partial charge in [0.05, 0.1) is 13.4 Å². The second kappa shape index (κ2) is 9.40. The molecule has 4 heteroatoms. The fourth-order valence-electron chi connectivity index (χ4n) is 3.97. The quantitative estimate of drug-likeness (QED) is 0.259. The molecule has 1 N–H and O–H groups in total. The zero-order valence-electron chi connectivity index (χ0n) is 18.0. The van der Waals surface area contributed by atoms with Crippen molar-refractivity contribution in [2.45, 2.75) is 13.3 Å². The van der Waals surface area contributed by atoms with Crippen molar-refractivity contribution in [3.05, 3.63) is 107 Å². The number of rotatable bonds is 7. The van der Waals surface area contributed by atoms with Crippen molar-refractivity contribution in [2.24, 2.45) is 0 Å². The van der Waals surface area contributed by atoms with Gasteiger partial charge in [-0.1, -0.05) is 73.7 Å². The number of ether oxygens (including phenoxy) is 1. The van der Waals surface area contributed by atoms with E-state index in [-0.39, 0.29) is 0 Å². The molecule has 4 aromatic rings. The van der Waals surface area contributed by atoms with Crippen molar-refractivity contribution in [2.75, 3.05) is 7.11 Å². The van der Waals surface area contributed by atoms with Gasteiger partial charge in [-0.05, 0) is 46.4 Å². The molecule has 0 spiro atoms. The van der Waals surface area contributed by atoms with Crippen LogP contribution in [0, 0.1) is 0 Å². The van der Waals surface area contributed by atoms with Crippen molar-refractivity contribution in [3.63, 3.8) is 0 Å². The molecule has 0 fully saturated rings. The lowest BCUT2D eigenvalue weighted by molar-refractivity contribution is -0.131. The minimum absolute atomic E-state index is 0.694. The first-order valence-corrected chi connectivity index (χ1v) is 10.5. The molecule has 0 aliphatic carbocycles. The molecule has 0 unspecified atom stereocenters. The van der Waals surface area contributed by atoms with E-state index in [0.29, 0.717) is 11.3 Å². The van der Waals surface area contributed by atoms with E-state index in [1.807, 2.05) is 60.7 Å². The van der Waals surface area contributed by atoms with E-state index in [0.717, 1.165) is 45.7 Å². The number of hydrogen-bond acceptors (Lipinski definition) is 3. The Morgan fingerprint density at radius 1 is 0.969 bits per heavy atom. The number of hydrogen-bond donors (Lipinski definition) is 1. The molecular weight excluding hydrogens is 400 g/mol. The number of benzene rings is 3. The van der Waals surface area contributed by atoms with E-state index in [4.69, 9.17) is 14.3 Å². The van der Waals surface area contributed by atoms with Crippen LogP contribution in [0.3, 0.4) is 0 Å². The maximum Gasteiger partial charge on any atom is 0.328 e. The number of furan rings is 1. The maximum atomic E-state index is 10.9. The van der Waals surface area contributed by atoms with Gasteiger partial charge in [0.2, 0.25) is 0 Å². The summed E-state index contributed by atoms with van der Waals surface area (Å²) in [5.41, 5.74) is 7.00. The second-order valence-corrected chi connectivity index (χ2v) is 7.35. The van der Waals surface area contributed by atoms with E-state index in [1.165, 1.54) is 5.57 Å². The van der Waals surface area contributed by atoms with E-state index >= 15 is 0 Å². The highest BCUT2D eigenvalue weighted by Crippen LogP contribution is 2.40. The van der Waals surface area contributed by atoms with Crippen LogP contribution in [0.4, 0.5) is 0 Å². The minimum atomic E-state index is -0.967. The van der Waals surface area contributed by atoms with Crippen LogP contribution < -0.4 is 4.74 Å². The number of fused-ring (bicyclic) bond motifs is 1. The Labute approximate surface area is 187 Å². The van der Waals surface area contributed by atoms with Crippen LogP contribution in [0.25, 0.3) is 28.2 Å². The lowest BCUT2D eigenvalue weighted by atomic mass is 9.87. The van der Waals surface area contributed by atoms with Crippen molar-refractivity contribution >= 4 is 34.2 Å². The van der Waals surface area contributed by atoms with Gasteiger partial charge in [0, 0.05) is 17.0 Å². The highest BCUT2D eigenvalue weighted by atomic mass is 16.5. The topological polar surface area (TPSA) is 59.7 Å². The summed E-state index contributed by atoms with van der Waals surface area (Å²) < 4.78 is 11.5. The summed E-state index contributed by atoms with van der Waals surface area (Å²) in [7, 11) is 1.64. The molecule has 0 atom stereocenters. The van der Waals surface area contributed by atoms with Gasteiger partial charge in [0.25, 0.3) is 0 Å². The molecule has 3 aromatic carbocycles. The van der Waals surface area contributed by atoms with Crippen molar-refractivity contribution in [3.8, 4) is 5.75 Å². The Kier molecular flexibility index (Phi) is 6.22. The molecule has 0 aliphatic heterocycles. The zero-order valence-corrected chi connectivity index (χ0v) is 18.0. The van der Waals surface area contributed by atoms with Gasteiger partial charge in [-0.3, -0.25) is 0 Å². The molecule has 4 nitrogen and oxygen atoms in total. The van der Waals surface area contributed by atoms with Crippen LogP contribution in [-0.2, 0) is 4.79 Å². The first-order chi connectivity index (χ1) is 15.6. The zero-order chi connectivity index (χ0) is 22.5. The van der Waals surface area contributed by atoms with Gasteiger partial charge in [0.15, 0.2) is 11.3 Å². The third-order valence-corrected chi connectivity index (χ3v) is 5.45. The van der Waals surface area contributed by atoms with Gasteiger partial charge in [-0.2, -0.15) is 0 Å². The van der Waals surface area contributed by atoms with Crippen molar-refractivity contribution in [1.29, 1.82) is 0 Å². The fourth-order valence-corrected chi connectivity index (χ4v) is 3.97. The average molecular weight is 424 g/mol. The first kappa shape index (κ1) is 21.2. The van der Waals surface area contributed by atoms with Crippen molar-refractivity contribution in [1.82, 2.24) is 0 Å². The molecule has 32 heavy (non-hydrogen) atoms. The monoisotopic (exact) mass is 424 g/mol. The third kappa shape index (κ3) is 4.21. The summed E-state index contributed by atoms with van der Waals surface area (Å²) in [6.45, 7) is 2.15. The lowest BCUT2D eigenvalue weighted by Gasteiger charge is -2.15. The highest BCUT2D eigenvalue weighted by molar-refractivity contribution is 6.06. The smallest absolute Gasteiger partial charge is 0.328 e. The third-order valence-electron chi connectivity index (χ3n) is 5.45. The van der Waals surface area contributed by atoms with E-state index in [2.05, 4.69) is 19.1 Å². The predicted octanol–water partition coefficient (Wildman–Crippen LogP) is 6.91. The minimum Gasteiger partial charge on any atom is -0.493 e. The summed E-state index contributed by atoms with van der Waals surface area (Å²) in [6.07, 6.45) is 5.35. The van der Waals surface area contributed by atoms with Crippen LogP contribution in [0.2, 0.25) is 0 Å². The van der Waals surface area contributed by atoms with Crippen LogP contribution in [0.5, 0.6) is 5.75 Å². The van der Waals surface area contributed by atoms with Gasteiger partial charge in [0.1, 0.15) is 0 Å². The largest absolute Gasteiger partial charge is 0.493 e. The number of allylic oxidation sites excluding steroid dienone is 1. The Morgan fingerprint density at radius 3 is 2.38 bits per heavy atom. The Balaban J connectivity index is 1.95. The summed E-state index contributed by atoms with van der Waals surface area (Å²) >= 11 is 0. The Hall–Kier alpha value is -4.05. The predicted molar refractivity (Wildman–Crippen MR) is 129 cm³/mol. The van der Waals surface area contributed by atoms with Crippen LogP contribution >= 0.6 is 0 Å². The van der Waals surface area contributed by atoms with Gasteiger partial charge < -0.3 is 14.3 Å². The molecule has 0 bridgehead atoms. The van der Waals surface area contributed by atoms with Crippen molar-refractivity contribution < 1.29 is 19.1 Å². The number of carboxylic acid groups (broad SMARTS) is 1. The lowest BCUT2D eigenvalue weighted by Crippen LogP contribution is -1.95. The highest BCUT2D eigenvalue weighted by Gasteiger charge is 2.19. The molecule has 0 amide bonds. The normalized spacial score (nSPS) is 12.2. The molecule has 0 radical (unpaired) electrons. The van der Waals surface area contributed by atoms with Gasteiger partial charge in [-0.15, -0.1) is 0 Å². The van der Waals surface area contributed by atoms with Crippen LogP contribution in [0.1, 0.15) is 35.6 Å². The molecular formula is C28H24O4. The number of aliphatic carboxylic acids is 1. The van der Waals surface area contributed by atoms with Gasteiger partial charge in [-0.25, -0.2) is 4.79 Å². The Morgan fingerprint density at radius 2 is 1.72 bits per heavy atom. The maximum absolute atomic E-state index is 10.9. The van der Waals surface area contributed by atoms with E-state index < -0.39 is 5.97 Å². The molecule has 160 valence electrons. The summed E-state index contributed by atoms with van der Waals surface area (Å²) in [5, 5.41) is 9.88. The molecule has 1 heterocycles. The number of methoxy groups -OCH3 is 1. The SMILES string of the molecule is CC/C(=C(/c1ccc(/C=C/C(=O)O)cc1)c1coc2c(OC)cccc12)c1ccccc1. The summed E-state index contributed by atoms with van der Waals surface area (Å²) in [6, 6.07) is 24.1. The molecule has 0 aliphatic rings. The summed E-state index contributed by atoms with van der Waals surface area (Å²) in [5.74, 6) is -0.272. The number of carbonyl (C=O) groups is 1. The van der Waals surface area contributed by atoms with Crippen LogP contribution in [-0.4, -0.2) is 18.2 Å². The van der Waals surface area contributed by atoms with Crippen LogP contribution in [0.15, 0.2) is 89.6 Å². The second-order valence-electron chi connectivity index (χ2n) is 7.35. The molecule has 0 saturated heterocycles. The first-order valence-electron chi connectivity index (χ1n) is 10.5. The number of para-hydroxylation sites is 1. The number of carboxylic acids is 1. The standard InChI is InChI=1S/C28H24O4/c1-3-22(20-8-5-4-6-9-20)27(21-15-12-19(13-16-21)14-17-26(29)30)24-18-32-28-23(24)10-7-11-25(28)31-2/h4-18H,3H2,1-2H3,(H,29,30)/b17-14+,27-22+. The molecule has 4 rings (SSSR count). The van der Waals surface area contributed by atoms with E-state index in [9.17, 15) is 4.79 Å². The average Bonchev–Trinajstić information content (AvgIpc) is 3.26. The van der Waals surface area contributed by atoms with E-state index in [1.54, 1.807) is 19.4 Å². The molecule has 0 saturated carbocycles.